The normalized spacial score (nSPS) is 19.9. The number of ether oxygens (including phenoxy) is 2. The van der Waals surface area contributed by atoms with Gasteiger partial charge in [0.15, 0.2) is 5.83 Å². The molecule has 21 heteroatoms. The Hall–Kier alpha value is -6.76. The molecule has 0 saturated carbocycles. The Morgan fingerprint density at radius 2 is 1.77 bits per heavy atom. The summed E-state index contributed by atoms with van der Waals surface area (Å²) in [6.07, 6.45) is 2.49. The van der Waals surface area contributed by atoms with Gasteiger partial charge in [0.05, 0.1) is 64.6 Å². The maximum atomic E-state index is 14.2. The lowest BCUT2D eigenvalue weighted by Gasteiger charge is -2.42. The molecule has 5 unspecified atom stereocenters. The molecular weight excluding hydrogens is 1060 g/mol. The molecule has 6 heterocycles. The monoisotopic (exact) mass is 1130 g/mol. The maximum Gasteiger partial charge on any atom is 0.318 e. The topological polar surface area (TPSA) is 210 Å². The molecule has 9 rings (SSSR count). The molecule has 18 nitrogen and oxygen atoms in total. The first kappa shape index (κ1) is 57.9. The number of aliphatic hydroxyl groups is 1. The van der Waals surface area contributed by atoms with Crippen molar-refractivity contribution in [3.63, 3.8) is 0 Å². The summed E-state index contributed by atoms with van der Waals surface area (Å²) in [6.45, 7) is 15.5. The fourth-order valence-corrected chi connectivity index (χ4v) is 12.5. The molecule has 3 aromatic carbocycles. The lowest BCUT2D eigenvalue weighted by atomic mass is 9.85. The standard InChI is InChI=1S/C59H71ClFN11O7S/c1-37(61)56(76)71-27-26-70(32-42(71)19-22-62)54-45-20-25-69(48-14-7-11-40-10-6-13-46(60)51(40)48)34-47(45)65-58(67-54)79-35-43-12-8-23-68(43)24-9-28-78-29-21-50(74)66-53(59(3,4)5)57(77)72-33-44(73)30-49(72)55(75)63-31-39-15-17-41(18-16-39)52-38(2)64-36-80-52/h6-7,10-11,13-18,36,42-44,49,53,73H,1,8-9,12,19-21,23-35H2,2-5H3,(H,63,75)(H,66,74). The van der Waals surface area contributed by atoms with E-state index in [-0.39, 0.29) is 75.9 Å². The van der Waals surface area contributed by atoms with Crippen LogP contribution in [0.2, 0.25) is 5.02 Å². The molecule has 5 atom stereocenters. The average molecular weight is 1130 g/mol. The van der Waals surface area contributed by atoms with Crippen molar-refractivity contribution in [3.05, 3.63) is 106 Å². The second-order valence-corrected chi connectivity index (χ2v) is 23.5. The number of piperazine rings is 1. The molecule has 0 radical (unpaired) electrons. The van der Waals surface area contributed by atoms with Crippen LogP contribution >= 0.6 is 22.9 Å². The van der Waals surface area contributed by atoms with Gasteiger partial charge in [0.25, 0.3) is 5.91 Å². The van der Waals surface area contributed by atoms with Gasteiger partial charge in [0.1, 0.15) is 24.5 Å². The van der Waals surface area contributed by atoms with E-state index in [1.54, 1.807) is 11.3 Å². The fraction of sp³-hybridized carbons (Fsp3) is 0.492. The predicted octanol–water partition coefficient (Wildman–Crippen LogP) is 7.14. The van der Waals surface area contributed by atoms with E-state index in [4.69, 9.17) is 31.0 Å². The first-order valence-corrected chi connectivity index (χ1v) is 28.8. The zero-order valence-corrected chi connectivity index (χ0v) is 47.5. The smallest absolute Gasteiger partial charge is 0.318 e. The predicted molar refractivity (Wildman–Crippen MR) is 306 cm³/mol. The number of anilines is 2. The molecule has 424 valence electrons. The maximum absolute atomic E-state index is 14.2. The molecule has 3 N–H and O–H groups in total. The van der Waals surface area contributed by atoms with Crippen LogP contribution in [-0.4, -0.2) is 154 Å². The SMILES string of the molecule is C=C(F)C(=O)N1CCN(c2nc(OCC3CCCN3CCCOCCC(=O)NC(C(=O)N3CC(O)CC3C(=O)NCc3ccc(-c4scnc4C)cc3)C(C)(C)C)nc3c2CCN(c2cccc4cccc(Cl)c24)C3)CC1CC#N. The molecule has 2 aromatic heterocycles. The molecule has 0 aliphatic carbocycles. The summed E-state index contributed by atoms with van der Waals surface area (Å²) in [5.41, 5.74) is 6.77. The number of halogens is 2. The summed E-state index contributed by atoms with van der Waals surface area (Å²) in [7, 11) is 0. The van der Waals surface area contributed by atoms with Crippen LogP contribution in [0.4, 0.5) is 15.9 Å². The van der Waals surface area contributed by atoms with E-state index in [1.807, 2.05) is 87.8 Å². The summed E-state index contributed by atoms with van der Waals surface area (Å²) in [6, 6.07) is 20.0. The van der Waals surface area contributed by atoms with Crippen molar-refractivity contribution in [1.82, 2.24) is 40.3 Å². The Bertz CT molecular complexity index is 3110. The molecule has 4 aliphatic rings. The van der Waals surface area contributed by atoms with Crippen LogP contribution < -0.4 is 25.2 Å². The number of aromatic nitrogens is 3. The molecule has 3 fully saturated rings. The summed E-state index contributed by atoms with van der Waals surface area (Å²) >= 11 is 8.36. The number of carbonyl (C=O) groups excluding carboxylic acids is 4. The van der Waals surface area contributed by atoms with Gasteiger partial charge in [0, 0.05) is 87.9 Å². The van der Waals surface area contributed by atoms with Crippen LogP contribution in [0.3, 0.4) is 0 Å². The fourth-order valence-electron chi connectivity index (χ4n) is 11.4. The number of carbonyl (C=O) groups is 4. The van der Waals surface area contributed by atoms with Crippen LogP contribution in [0.25, 0.3) is 21.2 Å². The van der Waals surface area contributed by atoms with Crippen LogP contribution in [0.1, 0.15) is 81.8 Å². The highest BCUT2D eigenvalue weighted by atomic mass is 35.5. The Balaban J connectivity index is 0.772. The van der Waals surface area contributed by atoms with E-state index < -0.39 is 47.3 Å². The number of likely N-dealkylation sites (tertiary alicyclic amines) is 2. The summed E-state index contributed by atoms with van der Waals surface area (Å²) in [4.78, 5) is 78.9. The molecule has 0 bridgehead atoms. The average Bonchev–Trinajstić information content (AvgIpc) is 4.28. The Labute approximate surface area is 475 Å². The minimum absolute atomic E-state index is 0.0172. The lowest BCUT2D eigenvalue weighted by molar-refractivity contribution is -0.144. The number of hydrogen-bond donors (Lipinski definition) is 3. The van der Waals surface area contributed by atoms with Crippen molar-refractivity contribution in [2.75, 3.05) is 75.4 Å². The van der Waals surface area contributed by atoms with E-state index in [0.29, 0.717) is 56.5 Å². The Kier molecular flexibility index (Phi) is 18.7. The molecule has 3 saturated heterocycles. The van der Waals surface area contributed by atoms with Gasteiger partial charge in [-0.15, -0.1) is 11.3 Å². The number of nitrogens with one attached hydrogen (secondary N) is 2. The van der Waals surface area contributed by atoms with E-state index >= 15 is 0 Å². The third kappa shape index (κ3) is 13.5. The third-order valence-electron chi connectivity index (χ3n) is 15.6. The van der Waals surface area contributed by atoms with Crippen molar-refractivity contribution in [1.29, 1.82) is 5.26 Å². The van der Waals surface area contributed by atoms with Crippen LogP contribution in [0.15, 0.2) is 78.6 Å². The third-order valence-corrected chi connectivity index (χ3v) is 16.9. The van der Waals surface area contributed by atoms with Gasteiger partial charge < -0.3 is 44.8 Å². The van der Waals surface area contributed by atoms with E-state index in [9.17, 15) is 33.9 Å². The molecule has 80 heavy (non-hydrogen) atoms. The highest BCUT2D eigenvalue weighted by Crippen LogP contribution is 2.38. The molecule has 4 aliphatic heterocycles. The lowest BCUT2D eigenvalue weighted by Crippen LogP contribution is -2.57. The minimum atomic E-state index is -1.06. The van der Waals surface area contributed by atoms with Crippen molar-refractivity contribution >= 4 is 68.8 Å². The summed E-state index contributed by atoms with van der Waals surface area (Å²) in [5.74, 6) is -2.33. The Morgan fingerprint density at radius 3 is 2.51 bits per heavy atom. The zero-order valence-electron chi connectivity index (χ0n) is 46.0. The van der Waals surface area contributed by atoms with Gasteiger partial charge in [-0.3, -0.25) is 24.1 Å². The first-order valence-electron chi connectivity index (χ1n) is 27.6. The summed E-state index contributed by atoms with van der Waals surface area (Å²) in [5, 5.41) is 28.9. The number of aliphatic hydroxyl groups excluding tert-OH is 1. The van der Waals surface area contributed by atoms with E-state index in [0.717, 1.165) is 75.3 Å². The van der Waals surface area contributed by atoms with Crippen LogP contribution in [0.5, 0.6) is 6.01 Å². The van der Waals surface area contributed by atoms with E-state index in [2.05, 4.69) is 49.0 Å². The highest BCUT2D eigenvalue weighted by Gasteiger charge is 2.45. The van der Waals surface area contributed by atoms with E-state index in [1.165, 1.54) is 9.80 Å². The van der Waals surface area contributed by atoms with Gasteiger partial charge >= 0.3 is 6.01 Å². The second kappa shape index (κ2) is 25.8. The zero-order chi connectivity index (χ0) is 56.7. The number of aryl methyl sites for hydroxylation is 1. The van der Waals surface area contributed by atoms with Gasteiger partial charge in [0.2, 0.25) is 17.7 Å². The number of amides is 4. The first-order chi connectivity index (χ1) is 38.5. The second-order valence-electron chi connectivity index (χ2n) is 22.2. The number of hydrogen-bond acceptors (Lipinski definition) is 15. The van der Waals surface area contributed by atoms with Crippen molar-refractivity contribution < 1.29 is 38.1 Å². The van der Waals surface area contributed by atoms with Gasteiger partial charge in [-0.25, -0.2) is 9.37 Å². The molecule has 4 amide bonds. The number of fused-ring (bicyclic) bond motifs is 2. The van der Waals surface area contributed by atoms with Crippen LogP contribution in [-0.2, 0) is 43.4 Å². The van der Waals surface area contributed by atoms with Crippen molar-refractivity contribution in [3.8, 4) is 22.5 Å². The number of nitriles is 1. The minimum Gasteiger partial charge on any atom is -0.462 e. The van der Waals surface area contributed by atoms with Gasteiger partial charge in [-0.2, -0.15) is 15.2 Å². The largest absolute Gasteiger partial charge is 0.462 e. The van der Waals surface area contributed by atoms with Crippen molar-refractivity contribution in [2.45, 2.75) is 116 Å². The molecular formula is C59H71ClFN11O7S. The quantitative estimate of drug-likeness (QED) is 0.0523. The number of nitrogens with zero attached hydrogens (tertiary/aromatic N) is 9. The number of β-amino-alcohol motifs (C(OH)–C–C–N with tert-alkyl or cyclic N) is 1. The summed E-state index contributed by atoms with van der Waals surface area (Å²) < 4.78 is 26.6. The van der Waals surface area contributed by atoms with Crippen LogP contribution in [0, 0.1) is 23.7 Å². The highest BCUT2D eigenvalue weighted by molar-refractivity contribution is 7.13. The Morgan fingerprint density at radius 1 is 0.988 bits per heavy atom. The number of thiazole rings is 1. The van der Waals surface area contributed by atoms with Gasteiger partial charge in [-0.1, -0.05) is 87.5 Å². The van der Waals surface area contributed by atoms with Gasteiger partial charge in [-0.05, 0) is 73.2 Å². The van der Waals surface area contributed by atoms with Crippen molar-refractivity contribution in [2.24, 2.45) is 5.41 Å². The molecule has 0 spiro atoms. The number of benzene rings is 3. The number of rotatable bonds is 20. The molecule has 5 aromatic rings.